The van der Waals surface area contributed by atoms with Crippen LogP contribution in [0.2, 0.25) is 0 Å². The number of rotatable bonds is 22. The number of hydrogen-bond acceptors (Lipinski definition) is 8. The van der Waals surface area contributed by atoms with Gasteiger partial charge in [0.05, 0.1) is 12.6 Å². The van der Waals surface area contributed by atoms with E-state index in [4.69, 9.17) is 11.5 Å². The average Bonchev–Trinajstić information content (AvgIpc) is 3.09. The zero-order valence-electron chi connectivity index (χ0n) is 29.8. The van der Waals surface area contributed by atoms with Crippen LogP contribution < -0.4 is 22.1 Å². The molecule has 50 heavy (non-hydrogen) atoms. The average molecular weight is 692 g/mol. The van der Waals surface area contributed by atoms with Crippen molar-refractivity contribution in [3.8, 4) is 0 Å². The van der Waals surface area contributed by atoms with Gasteiger partial charge in [0.25, 0.3) is 0 Å². The number of carboxylic acids is 1. The monoisotopic (exact) mass is 691 g/mol. The van der Waals surface area contributed by atoms with Gasteiger partial charge < -0.3 is 32.1 Å². The molecule has 2 aromatic rings. The van der Waals surface area contributed by atoms with Crippen LogP contribution in [0.15, 0.2) is 60.7 Å². The summed E-state index contributed by atoms with van der Waals surface area (Å²) in [7, 11) is 0. The second-order valence-corrected chi connectivity index (χ2v) is 14.2. The first-order valence-electron chi connectivity index (χ1n) is 18.1. The molecule has 11 heteroatoms. The highest BCUT2D eigenvalue weighted by Crippen LogP contribution is 2.25. The number of carboxylic acid groups (broad SMARTS) is 1. The van der Waals surface area contributed by atoms with Gasteiger partial charge in [0.1, 0.15) is 11.3 Å². The number of piperidine rings is 1. The number of amides is 2. The van der Waals surface area contributed by atoms with E-state index in [1.165, 1.54) is 5.56 Å². The third kappa shape index (κ3) is 13.4. The molecule has 0 radical (unpaired) electrons. The molecule has 0 aliphatic carbocycles. The maximum Gasteiger partial charge on any atom is 0.323 e. The number of carbonyl (C=O) groups is 5. The van der Waals surface area contributed by atoms with Gasteiger partial charge >= 0.3 is 5.97 Å². The van der Waals surface area contributed by atoms with Gasteiger partial charge in [-0.1, -0.05) is 80.9 Å². The van der Waals surface area contributed by atoms with Gasteiger partial charge in [0.2, 0.25) is 11.8 Å². The summed E-state index contributed by atoms with van der Waals surface area (Å²) in [5, 5.41) is 15.7. The Morgan fingerprint density at radius 2 is 1.50 bits per heavy atom. The maximum absolute atomic E-state index is 13.9. The van der Waals surface area contributed by atoms with Crippen molar-refractivity contribution in [2.45, 2.75) is 89.6 Å². The molecule has 11 nitrogen and oxygen atoms in total. The highest BCUT2D eigenvalue weighted by atomic mass is 16.4. The van der Waals surface area contributed by atoms with E-state index in [9.17, 15) is 29.1 Å². The fourth-order valence-electron chi connectivity index (χ4n) is 6.47. The van der Waals surface area contributed by atoms with Gasteiger partial charge in [-0.05, 0) is 75.1 Å². The van der Waals surface area contributed by atoms with Crippen molar-refractivity contribution >= 4 is 29.4 Å². The third-order valence-corrected chi connectivity index (χ3v) is 9.53. The molecule has 1 saturated heterocycles. The molecule has 274 valence electrons. The minimum atomic E-state index is -1.37. The summed E-state index contributed by atoms with van der Waals surface area (Å²) in [6, 6.07) is 18.7. The van der Waals surface area contributed by atoms with Crippen LogP contribution in [0, 0.1) is 17.8 Å². The van der Waals surface area contributed by atoms with E-state index in [1.807, 2.05) is 74.5 Å². The standard InChI is InChI=1S/C39H57N5O6/c1-28(2)23-34(35(46)26-31(15-9-10-19-40)37(48)44-21-17-39(41,18-22-44)38(49)50)43-36(47)32(24-30-13-7-4-8-14-30)25-33(45)27-42-20-16-29-11-5-3-6-12-29/h3-8,11-14,28,31-32,34,42H,9-10,15-27,40-41H2,1-2H3,(H,43,47)(H,49,50)/t31-,32-,34+/m0/s1. The van der Waals surface area contributed by atoms with Crippen LogP contribution in [0.25, 0.3) is 0 Å². The van der Waals surface area contributed by atoms with Crippen LogP contribution in [-0.4, -0.2) is 83.7 Å². The minimum absolute atomic E-state index is 0.0236. The summed E-state index contributed by atoms with van der Waals surface area (Å²) in [6.07, 6.45) is 3.56. The molecular formula is C39H57N5O6. The summed E-state index contributed by atoms with van der Waals surface area (Å²) in [5.74, 6) is -3.19. The number of hydrogen-bond donors (Lipinski definition) is 5. The number of nitrogens with zero attached hydrogens (tertiary/aromatic N) is 1. The second-order valence-electron chi connectivity index (χ2n) is 14.2. The van der Waals surface area contributed by atoms with Crippen LogP contribution in [0.1, 0.15) is 76.3 Å². The lowest BCUT2D eigenvalue weighted by atomic mass is 9.86. The van der Waals surface area contributed by atoms with Crippen molar-refractivity contribution in [2.24, 2.45) is 29.2 Å². The molecule has 2 amide bonds. The van der Waals surface area contributed by atoms with Gasteiger partial charge in [-0.15, -0.1) is 0 Å². The molecule has 1 heterocycles. The molecule has 0 saturated carbocycles. The van der Waals surface area contributed by atoms with Gasteiger partial charge in [0.15, 0.2) is 5.78 Å². The van der Waals surface area contributed by atoms with E-state index in [2.05, 4.69) is 10.6 Å². The highest BCUT2D eigenvalue weighted by Gasteiger charge is 2.40. The Balaban J connectivity index is 1.70. The van der Waals surface area contributed by atoms with E-state index in [0.717, 1.165) is 12.0 Å². The molecule has 1 aliphatic heterocycles. The molecule has 0 bridgehead atoms. The molecule has 1 aliphatic rings. The number of likely N-dealkylation sites (tertiary alicyclic amines) is 1. The first-order valence-corrected chi connectivity index (χ1v) is 18.1. The van der Waals surface area contributed by atoms with E-state index in [1.54, 1.807) is 4.90 Å². The Morgan fingerprint density at radius 3 is 2.08 bits per heavy atom. The van der Waals surface area contributed by atoms with Crippen molar-refractivity contribution in [3.05, 3.63) is 71.8 Å². The van der Waals surface area contributed by atoms with Crippen LogP contribution in [0.5, 0.6) is 0 Å². The van der Waals surface area contributed by atoms with E-state index >= 15 is 0 Å². The predicted molar refractivity (Wildman–Crippen MR) is 194 cm³/mol. The van der Waals surface area contributed by atoms with Gasteiger partial charge in [-0.3, -0.25) is 24.0 Å². The molecule has 2 aromatic carbocycles. The van der Waals surface area contributed by atoms with Gasteiger partial charge in [0, 0.05) is 37.8 Å². The van der Waals surface area contributed by atoms with Crippen molar-refractivity contribution in [3.63, 3.8) is 0 Å². The largest absolute Gasteiger partial charge is 0.480 e. The topological polar surface area (TPSA) is 185 Å². The number of Topliss-reactive ketones (excluding diaryl/α,β-unsaturated/α-hetero) is 2. The Labute approximate surface area is 296 Å². The number of nitrogens with one attached hydrogen (secondary N) is 2. The van der Waals surface area contributed by atoms with E-state index < -0.39 is 29.4 Å². The Bertz CT molecular complexity index is 1380. The fraction of sp³-hybridized carbons (Fsp3) is 0.564. The summed E-state index contributed by atoms with van der Waals surface area (Å²) in [6.45, 7) is 5.57. The summed E-state index contributed by atoms with van der Waals surface area (Å²) in [4.78, 5) is 67.9. The first kappa shape index (κ1) is 40.5. The highest BCUT2D eigenvalue weighted by molar-refractivity contribution is 5.94. The molecule has 7 N–H and O–H groups in total. The SMILES string of the molecule is CC(C)C[C@@H](NC(=O)[C@H](CC(=O)CNCCc1ccccc1)Cc1ccccc1)C(=O)C[C@H](CCCCN)C(=O)N1CCC(N)(C(=O)O)CC1. The van der Waals surface area contributed by atoms with Crippen LogP contribution in [0.4, 0.5) is 0 Å². The number of aliphatic carboxylic acids is 1. The lowest BCUT2D eigenvalue weighted by molar-refractivity contribution is -0.149. The number of benzene rings is 2. The third-order valence-electron chi connectivity index (χ3n) is 9.53. The van der Waals surface area contributed by atoms with Crippen molar-refractivity contribution in [1.82, 2.24) is 15.5 Å². The predicted octanol–water partition coefficient (Wildman–Crippen LogP) is 3.28. The second kappa shape index (κ2) is 20.7. The summed E-state index contributed by atoms with van der Waals surface area (Å²) >= 11 is 0. The number of nitrogens with two attached hydrogens (primary N) is 2. The molecule has 1 fully saturated rings. The van der Waals surface area contributed by atoms with Crippen molar-refractivity contribution in [2.75, 3.05) is 32.7 Å². The minimum Gasteiger partial charge on any atom is -0.480 e. The van der Waals surface area contributed by atoms with E-state index in [-0.39, 0.29) is 74.6 Å². The number of unbranched alkanes of at least 4 members (excludes halogenated alkanes) is 1. The van der Waals surface area contributed by atoms with Crippen LogP contribution in [-0.2, 0) is 36.8 Å². The molecule has 3 rings (SSSR count). The maximum atomic E-state index is 13.9. The lowest BCUT2D eigenvalue weighted by Crippen LogP contribution is -2.57. The summed E-state index contributed by atoms with van der Waals surface area (Å²) in [5.41, 5.74) is 12.5. The zero-order valence-corrected chi connectivity index (χ0v) is 29.8. The smallest absolute Gasteiger partial charge is 0.323 e. The molecule has 0 spiro atoms. The molecule has 3 atom stereocenters. The first-order chi connectivity index (χ1) is 23.9. The molecule has 0 aromatic heterocycles. The normalized spacial score (nSPS) is 16.0. The lowest BCUT2D eigenvalue weighted by Gasteiger charge is -2.38. The number of carbonyl (C=O) groups excluding carboxylic acids is 4. The van der Waals surface area contributed by atoms with Crippen molar-refractivity contribution in [1.29, 1.82) is 0 Å². The van der Waals surface area contributed by atoms with Crippen LogP contribution in [0.3, 0.4) is 0 Å². The zero-order chi connectivity index (χ0) is 36.5. The Kier molecular flexibility index (Phi) is 16.7. The van der Waals surface area contributed by atoms with Crippen molar-refractivity contribution < 1.29 is 29.1 Å². The number of ketones is 2. The summed E-state index contributed by atoms with van der Waals surface area (Å²) < 4.78 is 0. The van der Waals surface area contributed by atoms with Crippen LogP contribution >= 0.6 is 0 Å². The van der Waals surface area contributed by atoms with E-state index in [0.29, 0.717) is 45.2 Å². The Hall–Kier alpha value is -3.93. The Morgan fingerprint density at radius 1 is 0.880 bits per heavy atom. The fourth-order valence-corrected chi connectivity index (χ4v) is 6.47. The van der Waals surface area contributed by atoms with Gasteiger partial charge in [-0.25, -0.2) is 0 Å². The molecular weight excluding hydrogens is 634 g/mol. The quantitative estimate of drug-likeness (QED) is 0.116. The van der Waals surface area contributed by atoms with Gasteiger partial charge in [-0.2, -0.15) is 0 Å². The molecule has 0 unspecified atom stereocenters.